The van der Waals surface area contributed by atoms with Gasteiger partial charge in [0, 0.05) is 5.56 Å². The molecule has 0 spiro atoms. The Bertz CT molecular complexity index is 582. The molecule has 0 fully saturated rings. The third-order valence-electron chi connectivity index (χ3n) is 2.34. The van der Waals surface area contributed by atoms with Gasteiger partial charge in [-0.15, -0.1) is 0 Å². The van der Waals surface area contributed by atoms with Crippen molar-refractivity contribution in [1.29, 1.82) is 0 Å². The molecule has 1 nitrogen and oxygen atoms in total. The number of hydrogen-bond donors (Lipinski definition) is 0. The van der Waals surface area contributed by atoms with Gasteiger partial charge in [0.1, 0.15) is 10.3 Å². The average molecular weight is 292 g/mol. The van der Waals surface area contributed by atoms with Crippen LogP contribution >= 0.6 is 23.2 Å². The maximum atomic E-state index is 12.9. The van der Waals surface area contributed by atoms with E-state index in [0.29, 0.717) is 0 Å². The van der Waals surface area contributed by atoms with E-state index in [-0.39, 0.29) is 21.4 Å². The molecular formula is C12H6Cl2F3N. The molecule has 1 aromatic heterocycles. The molecule has 0 atom stereocenters. The Morgan fingerprint density at radius 1 is 0.889 bits per heavy atom. The van der Waals surface area contributed by atoms with E-state index in [4.69, 9.17) is 23.2 Å². The monoisotopic (exact) mass is 291 g/mol. The summed E-state index contributed by atoms with van der Waals surface area (Å²) < 4.78 is 38.6. The molecule has 0 saturated carbocycles. The van der Waals surface area contributed by atoms with E-state index in [0.717, 1.165) is 6.07 Å². The Hall–Kier alpha value is -1.26. The molecule has 1 aromatic carbocycles. The molecule has 1 heterocycles. The summed E-state index contributed by atoms with van der Waals surface area (Å²) in [6.07, 6.45) is -4.44. The first-order valence-electron chi connectivity index (χ1n) is 4.88. The van der Waals surface area contributed by atoms with Crippen molar-refractivity contribution in [3.63, 3.8) is 0 Å². The first-order valence-corrected chi connectivity index (χ1v) is 5.64. The van der Waals surface area contributed by atoms with Gasteiger partial charge in [0.15, 0.2) is 0 Å². The molecule has 18 heavy (non-hydrogen) atoms. The molecule has 0 aliphatic carbocycles. The van der Waals surface area contributed by atoms with E-state index in [1.54, 1.807) is 0 Å². The van der Waals surface area contributed by atoms with E-state index in [9.17, 15) is 13.2 Å². The fraction of sp³-hybridized carbons (Fsp3) is 0.0833. The van der Waals surface area contributed by atoms with Crippen molar-refractivity contribution < 1.29 is 13.2 Å². The number of alkyl halides is 3. The van der Waals surface area contributed by atoms with Crippen LogP contribution in [-0.4, -0.2) is 4.98 Å². The fourth-order valence-corrected chi connectivity index (χ4v) is 2.02. The van der Waals surface area contributed by atoms with Gasteiger partial charge >= 0.3 is 6.18 Å². The number of nitrogens with zero attached hydrogens (tertiary/aromatic N) is 1. The van der Waals surface area contributed by atoms with Crippen molar-refractivity contribution in [1.82, 2.24) is 4.98 Å². The molecule has 94 valence electrons. The van der Waals surface area contributed by atoms with Gasteiger partial charge < -0.3 is 0 Å². The second-order valence-corrected chi connectivity index (χ2v) is 4.26. The largest absolute Gasteiger partial charge is 0.417 e. The molecule has 0 bridgehead atoms. The molecule has 0 saturated heterocycles. The number of hydrogen-bond acceptors (Lipinski definition) is 1. The van der Waals surface area contributed by atoms with Gasteiger partial charge in [-0.05, 0) is 23.8 Å². The summed E-state index contributed by atoms with van der Waals surface area (Å²) in [4.78, 5) is 3.74. The Labute approximate surface area is 111 Å². The van der Waals surface area contributed by atoms with E-state index in [2.05, 4.69) is 4.98 Å². The maximum absolute atomic E-state index is 12.9. The first kappa shape index (κ1) is 13.2. The van der Waals surface area contributed by atoms with Crippen LogP contribution in [0, 0.1) is 0 Å². The van der Waals surface area contributed by atoms with E-state index >= 15 is 0 Å². The fourth-order valence-electron chi connectivity index (χ4n) is 1.58. The van der Waals surface area contributed by atoms with Crippen molar-refractivity contribution in [2.75, 3.05) is 0 Å². The predicted octanol–water partition coefficient (Wildman–Crippen LogP) is 5.07. The average Bonchev–Trinajstić information content (AvgIpc) is 2.28. The van der Waals surface area contributed by atoms with E-state index < -0.39 is 11.7 Å². The second kappa shape index (κ2) is 4.78. The van der Waals surface area contributed by atoms with Crippen LogP contribution in [0.5, 0.6) is 0 Å². The van der Waals surface area contributed by atoms with Crippen LogP contribution in [0.15, 0.2) is 36.4 Å². The molecule has 2 rings (SSSR count). The van der Waals surface area contributed by atoms with Crippen molar-refractivity contribution in [3.05, 3.63) is 52.3 Å². The molecule has 0 N–H and O–H groups in total. The first-order chi connectivity index (χ1) is 8.39. The number of halogens is 5. The molecule has 2 aromatic rings. The lowest BCUT2D eigenvalue weighted by molar-refractivity contribution is -0.137. The summed E-state index contributed by atoms with van der Waals surface area (Å²) in [7, 11) is 0. The summed E-state index contributed by atoms with van der Waals surface area (Å²) in [6.45, 7) is 0. The van der Waals surface area contributed by atoms with Gasteiger partial charge in [-0.25, -0.2) is 4.98 Å². The van der Waals surface area contributed by atoms with Crippen LogP contribution < -0.4 is 0 Å². The third kappa shape index (κ3) is 2.60. The van der Waals surface area contributed by atoms with Crippen molar-refractivity contribution in [2.24, 2.45) is 0 Å². The summed E-state index contributed by atoms with van der Waals surface area (Å²) >= 11 is 11.4. The number of pyridine rings is 1. The Balaban J connectivity index is 2.64. The molecule has 0 amide bonds. The Kier molecular flexibility index (Phi) is 3.50. The van der Waals surface area contributed by atoms with E-state index in [1.807, 2.05) is 0 Å². The minimum atomic E-state index is -4.44. The number of benzene rings is 1. The summed E-state index contributed by atoms with van der Waals surface area (Å²) in [5, 5.41) is 0.0763. The van der Waals surface area contributed by atoms with Crippen molar-refractivity contribution in [2.45, 2.75) is 6.18 Å². The predicted molar refractivity (Wildman–Crippen MR) is 64.7 cm³/mol. The topological polar surface area (TPSA) is 12.9 Å². The highest BCUT2D eigenvalue weighted by molar-refractivity contribution is 6.34. The van der Waals surface area contributed by atoms with Crippen molar-refractivity contribution >= 4 is 23.2 Å². The zero-order valence-corrected chi connectivity index (χ0v) is 10.3. The van der Waals surface area contributed by atoms with Gasteiger partial charge in [-0.2, -0.15) is 13.2 Å². The van der Waals surface area contributed by atoms with Gasteiger partial charge in [-0.1, -0.05) is 41.4 Å². The Morgan fingerprint density at radius 2 is 1.56 bits per heavy atom. The zero-order chi connectivity index (χ0) is 13.3. The second-order valence-electron chi connectivity index (χ2n) is 3.52. The van der Waals surface area contributed by atoms with Gasteiger partial charge in [-0.3, -0.25) is 0 Å². The minimum absolute atomic E-state index is 0.0147. The number of rotatable bonds is 1. The summed E-state index contributed by atoms with van der Waals surface area (Å²) in [5.41, 5.74) is -0.566. The van der Waals surface area contributed by atoms with Crippen LogP contribution in [0.1, 0.15) is 5.56 Å². The SMILES string of the molecule is FC(F)(F)c1ccccc1-c1ccc(Cl)nc1Cl. The van der Waals surface area contributed by atoms with Crippen LogP contribution in [0.4, 0.5) is 13.2 Å². The van der Waals surface area contributed by atoms with Gasteiger partial charge in [0.2, 0.25) is 0 Å². The quantitative estimate of drug-likeness (QED) is 0.668. The standard InChI is InChI=1S/C12H6Cl2F3N/c13-10-6-5-8(11(14)18-10)7-3-1-2-4-9(7)12(15,16)17/h1-6H. The molecule has 6 heteroatoms. The zero-order valence-electron chi connectivity index (χ0n) is 8.80. The summed E-state index contributed by atoms with van der Waals surface area (Å²) in [5.74, 6) is 0. The van der Waals surface area contributed by atoms with Crippen LogP contribution in [-0.2, 0) is 6.18 Å². The van der Waals surface area contributed by atoms with Crippen LogP contribution in [0.25, 0.3) is 11.1 Å². The van der Waals surface area contributed by atoms with Crippen molar-refractivity contribution in [3.8, 4) is 11.1 Å². The lowest BCUT2D eigenvalue weighted by Gasteiger charge is -2.13. The lowest BCUT2D eigenvalue weighted by Crippen LogP contribution is -2.07. The smallest absolute Gasteiger partial charge is 0.224 e. The highest BCUT2D eigenvalue weighted by Crippen LogP contribution is 2.38. The minimum Gasteiger partial charge on any atom is -0.224 e. The summed E-state index contributed by atoms with van der Waals surface area (Å²) in [6, 6.07) is 8.00. The maximum Gasteiger partial charge on any atom is 0.417 e. The van der Waals surface area contributed by atoms with Gasteiger partial charge in [0.25, 0.3) is 0 Å². The Morgan fingerprint density at radius 3 is 2.17 bits per heavy atom. The number of aromatic nitrogens is 1. The van der Waals surface area contributed by atoms with Crippen LogP contribution in [0.2, 0.25) is 10.3 Å². The third-order valence-corrected chi connectivity index (χ3v) is 2.84. The van der Waals surface area contributed by atoms with E-state index in [1.165, 1.54) is 30.3 Å². The van der Waals surface area contributed by atoms with Crippen LogP contribution in [0.3, 0.4) is 0 Å². The highest BCUT2D eigenvalue weighted by atomic mass is 35.5. The molecule has 0 aliphatic heterocycles. The molecule has 0 unspecified atom stereocenters. The lowest BCUT2D eigenvalue weighted by atomic mass is 10.0. The normalized spacial score (nSPS) is 11.6. The highest BCUT2D eigenvalue weighted by Gasteiger charge is 2.33. The molecule has 0 aliphatic rings. The molecule has 0 radical (unpaired) electrons. The molecular weight excluding hydrogens is 286 g/mol. The van der Waals surface area contributed by atoms with Gasteiger partial charge in [0.05, 0.1) is 5.56 Å².